The number of thioether (sulfide) groups is 1. The number of aryl methyl sites for hydroxylation is 2. The van der Waals surface area contributed by atoms with Gasteiger partial charge in [0.25, 0.3) is 5.78 Å². The van der Waals surface area contributed by atoms with Crippen molar-refractivity contribution >= 4 is 29.4 Å². The molecule has 0 atom stereocenters. The fourth-order valence-electron chi connectivity index (χ4n) is 2.58. The highest BCUT2D eigenvalue weighted by Crippen LogP contribution is 2.16. The molecular weight excluding hydrogens is 336 g/mol. The average molecular weight is 356 g/mol. The summed E-state index contributed by atoms with van der Waals surface area (Å²) in [4.78, 5) is 21.9. The van der Waals surface area contributed by atoms with Crippen LogP contribution in [-0.4, -0.2) is 37.8 Å². The predicted molar refractivity (Wildman–Crippen MR) is 98.5 cm³/mol. The molecule has 0 aliphatic rings. The molecule has 3 aromatic rings. The standard InChI is InChI=1S/C17H20N6OS/c1-11-14(12(2)23-17(20-11)21-16(18)22-23)10-15(24)19-8-9-25-13-6-4-3-5-7-13/h3-7H,8-10H2,1-2H3,(H2,18,22)(H,19,24). The van der Waals surface area contributed by atoms with Crippen molar-refractivity contribution in [3.05, 3.63) is 47.3 Å². The SMILES string of the molecule is Cc1nc2nc(N)nn2c(C)c1CC(=O)NCCSc1ccccc1. The molecule has 0 aliphatic carbocycles. The molecule has 0 aliphatic heterocycles. The Morgan fingerprint density at radius 3 is 2.76 bits per heavy atom. The normalized spacial score (nSPS) is 11.0. The summed E-state index contributed by atoms with van der Waals surface area (Å²) in [5.41, 5.74) is 8.08. The Balaban J connectivity index is 1.58. The van der Waals surface area contributed by atoms with Gasteiger partial charge < -0.3 is 11.1 Å². The summed E-state index contributed by atoms with van der Waals surface area (Å²) >= 11 is 1.72. The van der Waals surface area contributed by atoms with Crippen LogP contribution in [0.15, 0.2) is 35.2 Å². The van der Waals surface area contributed by atoms with Crippen LogP contribution in [0, 0.1) is 13.8 Å². The Labute approximate surface area is 150 Å². The number of hydrogen-bond donors (Lipinski definition) is 2. The number of carbonyl (C=O) groups excluding carboxylic acids is 1. The van der Waals surface area contributed by atoms with Crippen molar-refractivity contribution in [1.29, 1.82) is 0 Å². The molecule has 0 saturated heterocycles. The molecule has 2 heterocycles. The number of aromatic nitrogens is 4. The van der Waals surface area contributed by atoms with E-state index in [-0.39, 0.29) is 18.3 Å². The number of fused-ring (bicyclic) bond motifs is 1. The van der Waals surface area contributed by atoms with Crippen molar-refractivity contribution in [2.45, 2.75) is 25.2 Å². The Kier molecular flexibility index (Phi) is 5.18. The first-order valence-corrected chi connectivity index (χ1v) is 8.96. The molecular formula is C17H20N6OS. The Morgan fingerprint density at radius 2 is 2.00 bits per heavy atom. The van der Waals surface area contributed by atoms with Crippen LogP contribution in [0.4, 0.5) is 5.95 Å². The lowest BCUT2D eigenvalue weighted by Gasteiger charge is -2.10. The summed E-state index contributed by atoms with van der Waals surface area (Å²) in [6, 6.07) is 10.1. The van der Waals surface area contributed by atoms with Crippen LogP contribution in [0.3, 0.4) is 0 Å². The first kappa shape index (κ1) is 17.2. The monoisotopic (exact) mass is 356 g/mol. The van der Waals surface area contributed by atoms with Crippen molar-refractivity contribution in [2.75, 3.05) is 18.0 Å². The van der Waals surface area contributed by atoms with Gasteiger partial charge in [0, 0.05) is 34.1 Å². The van der Waals surface area contributed by atoms with Gasteiger partial charge in [-0.2, -0.15) is 9.50 Å². The second-order valence-electron chi connectivity index (χ2n) is 5.63. The zero-order chi connectivity index (χ0) is 17.8. The Morgan fingerprint density at radius 1 is 1.24 bits per heavy atom. The van der Waals surface area contributed by atoms with Crippen LogP contribution in [0.25, 0.3) is 5.78 Å². The molecule has 3 N–H and O–H groups in total. The van der Waals surface area contributed by atoms with E-state index in [9.17, 15) is 4.79 Å². The molecule has 0 spiro atoms. The molecule has 0 bridgehead atoms. The van der Waals surface area contributed by atoms with Crippen LogP contribution < -0.4 is 11.1 Å². The number of nitrogen functional groups attached to an aromatic ring is 1. The van der Waals surface area contributed by atoms with E-state index in [1.54, 1.807) is 16.3 Å². The zero-order valence-electron chi connectivity index (χ0n) is 14.2. The van der Waals surface area contributed by atoms with Gasteiger partial charge in [-0.1, -0.05) is 18.2 Å². The molecule has 2 aromatic heterocycles. The van der Waals surface area contributed by atoms with Crippen molar-refractivity contribution in [3.8, 4) is 0 Å². The third-order valence-electron chi connectivity index (χ3n) is 3.84. The Bertz CT molecular complexity index is 893. The minimum atomic E-state index is -0.0332. The lowest BCUT2D eigenvalue weighted by Crippen LogP contribution is -2.28. The maximum absolute atomic E-state index is 12.3. The van der Waals surface area contributed by atoms with E-state index in [1.165, 1.54) is 4.90 Å². The highest BCUT2D eigenvalue weighted by Gasteiger charge is 2.15. The second kappa shape index (κ2) is 7.52. The molecule has 0 fully saturated rings. The van der Waals surface area contributed by atoms with Crippen LogP contribution in [0.2, 0.25) is 0 Å². The number of nitrogens with two attached hydrogens (primary N) is 1. The van der Waals surface area contributed by atoms with E-state index in [0.29, 0.717) is 12.3 Å². The number of rotatable bonds is 6. The van der Waals surface area contributed by atoms with Crippen LogP contribution in [-0.2, 0) is 11.2 Å². The van der Waals surface area contributed by atoms with E-state index in [4.69, 9.17) is 5.73 Å². The van der Waals surface area contributed by atoms with Crippen molar-refractivity contribution in [3.63, 3.8) is 0 Å². The molecule has 1 aromatic carbocycles. The Hall–Kier alpha value is -2.61. The molecule has 7 nitrogen and oxygen atoms in total. The second-order valence-corrected chi connectivity index (χ2v) is 6.80. The maximum Gasteiger partial charge on any atom is 0.254 e. The number of carbonyl (C=O) groups is 1. The van der Waals surface area contributed by atoms with Gasteiger partial charge in [-0.15, -0.1) is 16.9 Å². The fourth-order valence-corrected chi connectivity index (χ4v) is 3.37. The van der Waals surface area contributed by atoms with Gasteiger partial charge in [0.1, 0.15) is 0 Å². The molecule has 0 radical (unpaired) electrons. The van der Waals surface area contributed by atoms with Gasteiger partial charge in [-0.25, -0.2) is 4.98 Å². The predicted octanol–water partition coefficient (Wildman–Crippen LogP) is 1.77. The summed E-state index contributed by atoms with van der Waals surface area (Å²) in [7, 11) is 0. The van der Waals surface area contributed by atoms with Gasteiger partial charge in [0.15, 0.2) is 0 Å². The van der Waals surface area contributed by atoms with E-state index >= 15 is 0 Å². The largest absolute Gasteiger partial charge is 0.366 e. The summed E-state index contributed by atoms with van der Waals surface area (Å²) in [6.07, 6.45) is 0.260. The fraction of sp³-hybridized carbons (Fsp3) is 0.294. The molecule has 0 saturated carbocycles. The van der Waals surface area contributed by atoms with E-state index in [2.05, 4.69) is 32.5 Å². The van der Waals surface area contributed by atoms with Crippen molar-refractivity contribution in [2.24, 2.45) is 0 Å². The van der Waals surface area contributed by atoms with E-state index in [0.717, 1.165) is 22.7 Å². The lowest BCUT2D eigenvalue weighted by atomic mass is 10.1. The number of amides is 1. The average Bonchev–Trinajstić information content (AvgIpc) is 2.97. The number of benzene rings is 1. The summed E-state index contributed by atoms with van der Waals surface area (Å²) < 4.78 is 1.58. The molecule has 130 valence electrons. The van der Waals surface area contributed by atoms with Crippen LogP contribution in [0.1, 0.15) is 17.0 Å². The first-order valence-electron chi connectivity index (χ1n) is 7.97. The van der Waals surface area contributed by atoms with E-state index in [1.807, 2.05) is 32.0 Å². The first-order chi connectivity index (χ1) is 12.0. The van der Waals surface area contributed by atoms with Gasteiger partial charge in [-0.3, -0.25) is 4.79 Å². The van der Waals surface area contributed by atoms with Crippen LogP contribution in [0.5, 0.6) is 0 Å². The van der Waals surface area contributed by atoms with Gasteiger partial charge in [0.2, 0.25) is 11.9 Å². The van der Waals surface area contributed by atoms with Gasteiger partial charge in [0.05, 0.1) is 6.42 Å². The third-order valence-corrected chi connectivity index (χ3v) is 4.85. The number of hydrogen-bond acceptors (Lipinski definition) is 6. The number of anilines is 1. The molecule has 8 heteroatoms. The third kappa shape index (κ3) is 4.08. The van der Waals surface area contributed by atoms with Gasteiger partial charge >= 0.3 is 0 Å². The molecule has 0 unspecified atom stereocenters. The summed E-state index contributed by atoms with van der Waals surface area (Å²) in [5, 5.41) is 7.07. The minimum Gasteiger partial charge on any atom is -0.366 e. The topological polar surface area (TPSA) is 98.2 Å². The molecule has 25 heavy (non-hydrogen) atoms. The molecule has 1 amide bonds. The number of nitrogens with zero attached hydrogens (tertiary/aromatic N) is 4. The highest BCUT2D eigenvalue weighted by atomic mass is 32.2. The van der Waals surface area contributed by atoms with Crippen molar-refractivity contribution in [1.82, 2.24) is 24.9 Å². The maximum atomic E-state index is 12.3. The van der Waals surface area contributed by atoms with Gasteiger partial charge in [-0.05, 0) is 26.0 Å². The quantitative estimate of drug-likeness (QED) is 0.516. The summed E-state index contributed by atoms with van der Waals surface area (Å²) in [6.45, 7) is 4.37. The highest BCUT2D eigenvalue weighted by molar-refractivity contribution is 7.99. The van der Waals surface area contributed by atoms with Crippen LogP contribution >= 0.6 is 11.8 Å². The smallest absolute Gasteiger partial charge is 0.254 e. The number of nitrogens with one attached hydrogen (secondary N) is 1. The zero-order valence-corrected chi connectivity index (χ0v) is 15.0. The summed E-state index contributed by atoms with van der Waals surface area (Å²) in [5.74, 6) is 1.42. The minimum absolute atomic E-state index is 0.0332. The lowest BCUT2D eigenvalue weighted by molar-refractivity contribution is -0.120. The molecule has 3 rings (SSSR count). The van der Waals surface area contributed by atoms with Crippen molar-refractivity contribution < 1.29 is 4.79 Å². The van der Waals surface area contributed by atoms with E-state index < -0.39 is 0 Å².